The monoisotopic (exact) mass is 358 g/mol. The second kappa shape index (κ2) is 7.57. The lowest BCUT2D eigenvalue weighted by Crippen LogP contribution is -2.44. The molecule has 2 amide bonds. The van der Waals surface area contributed by atoms with Gasteiger partial charge in [0.2, 0.25) is 5.91 Å². The fourth-order valence-corrected chi connectivity index (χ4v) is 3.02. The smallest absolute Gasteiger partial charge is 0.410 e. The minimum Gasteiger partial charge on any atom is -0.410 e. The zero-order valence-corrected chi connectivity index (χ0v) is 14.6. The van der Waals surface area contributed by atoms with E-state index in [1.807, 2.05) is 19.1 Å². The third kappa shape index (κ3) is 4.12. The van der Waals surface area contributed by atoms with Crippen molar-refractivity contribution < 1.29 is 14.3 Å². The molecule has 1 fully saturated rings. The summed E-state index contributed by atoms with van der Waals surface area (Å²) in [4.78, 5) is 26.5. The van der Waals surface area contributed by atoms with E-state index in [2.05, 4.69) is 5.32 Å². The highest BCUT2D eigenvalue weighted by atomic mass is 35.5. The molecule has 2 aromatic carbocycles. The van der Waals surface area contributed by atoms with E-state index in [1.54, 1.807) is 36.4 Å². The molecule has 5 nitrogen and oxygen atoms in total. The molecule has 0 spiro atoms. The molecule has 25 heavy (non-hydrogen) atoms. The highest BCUT2D eigenvalue weighted by Gasteiger charge is 2.35. The van der Waals surface area contributed by atoms with E-state index in [0.29, 0.717) is 29.4 Å². The summed E-state index contributed by atoms with van der Waals surface area (Å²) >= 11 is 5.99. The lowest BCUT2D eigenvalue weighted by molar-refractivity contribution is -0.119. The van der Waals surface area contributed by atoms with Crippen LogP contribution in [0.4, 0.5) is 10.5 Å². The summed E-state index contributed by atoms with van der Waals surface area (Å²) in [6, 6.07) is 13.6. The van der Waals surface area contributed by atoms with Gasteiger partial charge in [0.15, 0.2) is 0 Å². The quantitative estimate of drug-likeness (QED) is 0.892. The number of anilines is 1. The summed E-state index contributed by atoms with van der Waals surface area (Å²) in [5.41, 5.74) is 1.56. The van der Waals surface area contributed by atoms with Crippen molar-refractivity contribution in [2.75, 3.05) is 11.9 Å². The number of rotatable bonds is 3. The Morgan fingerprint density at radius 2 is 1.96 bits per heavy atom. The number of halogens is 1. The Hall–Kier alpha value is -2.53. The Morgan fingerprint density at radius 3 is 2.72 bits per heavy atom. The molecule has 0 radical (unpaired) electrons. The predicted molar refractivity (Wildman–Crippen MR) is 97.0 cm³/mol. The zero-order valence-electron chi connectivity index (χ0n) is 13.9. The van der Waals surface area contributed by atoms with Crippen molar-refractivity contribution in [2.24, 2.45) is 0 Å². The van der Waals surface area contributed by atoms with Crippen molar-refractivity contribution in [1.29, 1.82) is 0 Å². The zero-order chi connectivity index (χ0) is 17.8. The summed E-state index contributed by atoms with van der Waals surface area (Å²) < 4.78 is 5.36. The Morgan fingerprint density at radius 1 is 1.20 bits per heavy atom. The number of hydrogen-bond acceptors (Lipinski definition) is 3. The van der Waals surface area contributed by atoms with Crippen LogP contribution < -0.4 is 10.1 Å². The van der Waals surface area contributed by atoms with E-state index >= 15 is 0 Å². The summed E-state index contributed by atoms with van der Waals surface area (Å²) in [7, 11) is 0. The van der Waals surface area contributed by atoms with Gasteiger partial charge in [0.25, 0.3) is 0 Å². The molecule has 0 aliphatic carbocycles. The third-order valence-electron chi connectivity index (χ3n) is 4.20. The molecule has 2 aromatic rings. The highest BCUT2D eigenvalue weighted by Crippen LogP contribution is 2.24. The first kappa shape index (κ1) is 17.3. The van der Waals surface area contributed by atoms with Crippen LogP contribution in [0.1, 0.15) is 18.4 Å². The first-order chi connectivity index (χ1) is 12.0. The summed E-state index contributed by atoms with van der Waals surface area (Å²) in [6.07, 6.45) is 0.859. The number of nitrogens with one attached hydrogen (secondary N) is 1. The van der Waals surface area contributed by atoms with Crippen molar-refractivity contribution in [3.63, 3.8) is 0 Å². The van der Waals surface area contributed by atoms with Gasteiger partial charge >= 0.3 is 6.09 Å². The Bertz CT molecular complexity index is 779. The van der Waals surface area contributed by atoms with Gasteiger partial charge in [0.1, 0.15) is 11.8 Å². The van der Waals surface area contributed by atoms with E-state index in [9.17, 15) is 9.59 Å². The van der Waals surface area contributed by atoms with Crippen LogP contribution in [0.25, 0.3) is 0 Å². The lowest BCUT2D eigenvalue weighted by atomic mass is 10.1. The molecule has 1 heterocycles. The maximum absolute atomic E-state index is 12.6. The number of carbonyl (C=O) groups excluding carboxylic acids is 2. The number of para-hydroxylation sites is 1. The van der Waals surface area contributed by atoms with Crippen molar-refractivity contribution in [1.82, 2.24) is 4.90 Å². The molecule has 1 atom stereocenters. The minimum absolute atomic E-state index is 0.229. The van der Waals surface area contributed by atoms with Crippen LogP contribution in [-0.4, -0.2) is 29.5 Å². The molecule has 0 aromatic heterocycles. The first-order valence-corrected chi connectivity index (χ1v) is 8.53. The minimum atomic E-state index is -0.547. The normalized spacial score (nSPS) is 16.6. The molecule has 1 aliphatic heterocycles. The second-order valence-electron chi connectivity index (χ2n) is 5.98. The topological polar surface area (TPSA) is 58.6 Å². The van der Waals surface area contributed by atoms with Crippen molar-refractivity contribution in [2.45, 2.75) is 25.8 Å². The summed E-state index contributed by atoms with van der Waals surface area (Å²) in [5.74, 6) is 0.233. The molecule has 130 valence electrons. The molecule has 1 saturated heterocycles. The molecule has 0 bridgehead atoms. The number of hydrogen-bond donors (Lipinski definition) is 1. The Balaban J connectivity index is 1.69. The van der Waals surface area contributed by atoms with Gasteiger partial charge in [-0.15, -0.1) is 0 Å². The lowest BCUT2D eigenvalue weighted by Gasteiger charge is -2.23. The number of ether oxygens (including phenoxy) is 1. The summed E-state index contributed by atoms with van der Waals surface area (Å²) in [6.45, 7) is 2.39. The SMILES string of the molecule is Cc1ccc(Cl)cc1NC(=O)[C@H]1CCCN1C(=O)Oc1ccccc1. The van der Waals surface area contributed by atoms with Gasteiger partial charge in [-0.1, -0.05) is 35.9 Å². The molecule has 0 saturated carbocycles. The molecular weight excluding hydrogens is 340 g/mol. The number of nitrogens with zero attached hydrogens (tertiary/aromatic N) is 1. The molecule has 0 unspecified atom stereocenters. The van der Waals surface area contributed by atoms with Crippen LogP contribution >= 0.6 is 11.6 Å². The van der Waals surface area contributed by atoms with E-state index in [1.165, 1.54) is 4.90 Å². The molecule has 1 aliphatic rings. The predicted octanol–water partition coefficient (Wildman–Crippen LogP) is 4.25. The number of amides is 2. The highest BCUT2D eigenvalue weighted by molar-refractivity contribution is 6.31. The van der Waals surface area contributed by atoms with Gasteiger partial charge in [0.05, 0.1) is 0 Å². The third-order valence-corrected chi connectivity index (χ3v) is 4.43. The number of benzene rings is 2. The Labute approximate surface area is 151 Å². The largest absolute Gasteiger partial charge is 0.415 e. The fourth-order valence-electron chi connectivity index (χ4n) is 2.85. The van der Waals surface area contributed by atoms with Gasteiger partial charge in [0, 0.05) is 17.3 Å². The Kier molecular flexibility index (Phi) is 5.24. The van der Waals surface area contributed by atoms with E-state index < -0.39 is 12.1 Å². The van der Waals surface area contributed by atoms with Crippen LogP contribution in [0.2, 0.25) is 5.02 Å². The average molecular weight is 359 g/mol. The van der Waals surface area contributed by atoms with Crippen LogP contribution in [0.5, 0.6) is 5.75 Å². The van der Waals surface area contributed by atoms with Crippen LogP contribution in [0.3, 0.4) is 0 Å². The standard InChI is InChI=1S/C19H19ClN2O3/c1-13-9-10-14(20)12-16(13)21-18(23)17-8-5-11-22(17)19(24)25-15-6-3-2-4-7-15/h2-4,6-7,9-10,12,17H,5,8,11H2,1H3,(H,21,23)/t17-/m1/s1. The maximum atomic E-state index is 12.6. The average Bonchev–Trinajstić information content (AvgIpc) is 3.09. The molecule has 3 rings (SSSR count). The van der Waals surface area contributed by atoms with Gasteiger partial charge < -0.3 is 10.1 Å². The van der Waals surface area contributed by atoms with E-state index in [-0.39, 0.29) is 5.91 Å². The van der Waals surface area contributed by atoms with Crippen molar-refractivity contribution >= 4 is 29.3 Å². The van der Waals surface area contributed by atoms with Crippen LogP contribution in [0, 0.1) is 6.92 Å². The number of aryl methyl sites for hydroxylation is 1. The van der Waals surface area contributed by atoms with Crippen LogP contribution in [-0.2, 0) is 4.79 Å². The van der Waals surface area contributed by atoms with Gasteiger partial charge in [-0.05, 0) is 49.6 Å². The molecular formula is C19H19ClN2O3. The van der Waals surface area contributed by atoms with Gasteiger partial charge in [-0.2, -0.15) is 0 Å². The summed E-state index contributed by atoms with van der Waals surface area (Å²) in [5, 5.41) is 3.42. The number of likely N-dealkylation sites (tertiary alicyclic amines) is 1. The van der Waals surface area contributed by atoms with E-state index in [4.69, 9.17) is 16.3 Å². The van der Waals surface area contributed by atoms with Crippen molar-refractivity contribution in [3.05, 3.63) is 59.1 Å². The maximum Gasteiger partial charge on any atom is 0.415 e. The van der Waals surface area contributed by atoms with Crippen LogP contribution in [0.15, 0.2) is 48.5 Å². The first-order valence-electron chi connectivity index (χ1n) is 8.15. The van der Waals surface area contributed by atoms with Gasteiger partial charge in [-0.25, -0.2) is 4.79 Å². The van der Waals surface area contributed by atoms with Crippen molar-refractivity contribution in [3.8, 4) is 5.75 Å². The molecule has 1 N–H and O–H groups in total. The number of carbonyl (C=O) groups is 2. The van der Waals surface area contributed by atoms with Gasteiger partial charge in [-0.3, -0.25) is 9.69 Å². The van der Waals surface area contributed by atoms with E-state index in [0.717, 1.165) is 12.0 Å². The second-order valence-corrected chi connectivity index (χ2v) is 6.42. The molecule has 6 heteroatoms. The fraction of sp³-hybridized carbons (Fsp3) is 0.263.